The fourth-order valence-corrected chi connectivity index (χ4v) is 3.51. The quantitative estimate of drug-likeness (QED) is 0.582. The number of rotatable bonds is 7. The van der Waals surface area contributed by atoms with Crippen LogP contribution >= 0.6 is 0 Å². The fourth-order valence-electron chi connectivity index (χ4n) is 3.51. The minimum Gasteiger partial charge on any atom is -0.497 e. The first-order chi connectivity index (χ1) is 14.9. The highest BCUT2D eigenvalue weighted by molar-refractivity contribution is 6.06. The van der Waals surface area contributed by atoms with E-state index in [2.05, 4.69) is 10.3 Å². The average Bonchev–Trinajstić information content (AvgIpc) is 3.32. The molecule has 1 saturated heterocycles. The van der Waals surface area contributed by atoms with E-state index in [4.69, 9.17) is 9.15 Å². The summed E-state index contributed by atoms with van der Waals surface area (Å²) in [5.41, 5.74) is 1.08. The smallest absolute Gasteiger partial charge is 0.325 e. The number of hydrogen-bond acceptors (Lipinski definition) is 5. The van der Waals surface area contributed by atoms with Crippen molar-refractivity contribution >= 4 is 11.9 Å². The van der Waals surface area contributed by atoms with Crippen LogP contribution in [0.1, 0.15) is 24.6 Å². The van der Waals surface area contributed by atoms with Crippen molar-refractivity contribution in [3.63, 3.8) is 0 Å². The van der Waals surface area contributed by atoms with Crippen LogP contribution in [-0.4, -0.2) is 34.5 Å². The van der Waals surface area contributed by atoms with Crippen LogP contribution < -0.4 is 10.1 Å². The molecule has 0 unspecified atom stereocenters. The van der Waals surface area contributed by atoms with E-state index in [0.717, 1.165) is 16.2 Å². The van der Waals surface area contributed by atoms with E-state index >= 15 is 0 Å². The SMILES string of the molecule is COc1ccc(CC[C@]2(C)NC(=O)N(Cc3coc(-c4ccc(F)cc4)n3)C2=O)cc1. The maximum Gasteiger partial charge on any atom is 0.325 e. The third kappa shape index (κ3) is 4.28. The summed E-state index contributed by atoms with van der Waals surface area (Å²) in [4.78, 5) is 31.0. The van der Waals surface area contributed by atoms with E-state index in [0.29, 0.717) is 30.0 Å². The molecule has 3 amide bonds. The van der Waals surface area contributed by atoms with Gasteiger partial charge in [-0.2, -0.15) is 0 Å². The highest BCUT2D eigenvalue weighted by Gasteiger charge is 2.47. The first-order valence-corrected chi connectivity index (χ1v) is 9.85. The van der Waals surface area contributed by atoms with Crippen molar-refractivity contribution in [2.24, 2.45) is 0 Å². The number of carbonyl (C=O) groups excluding carboxylic acids is 2. The summed E-state index contributed by atoms with van der Waals surface area (Å²) in [6.45, 7) is 1.72. The van der Waals surface area contributed by atoms with Gasteiger partial charge in [-0.15, -0.1) is 0 Å². The van der Waals surface area contributed by atoms with Crippen LogP contribution in [0, 0.1) is 5.82 Å². The number of ether oxygens (including phenoxy) is 1. The summed E-state index contributed by atoms with van der Waals surface area (Å²) in [5.74, 6) is 0.393. The van der Waals surface area contributed by atoms with Crippen molar-refractivity contribution in [2.75, 3.05) is 7.11 Å². The molecule has 1 fully saturated rings. The van der Waals surface area contributed by atoms with Crippen LogP contribution in [0.15, 0.2) is 59.2 Å². The number of halogens is 1. The number of carbonyl (C=O) groups is 2. The second kappa shape index (κ2) is 8.22. The molecule has 0 spiro atoms. The van der Waals surface area contributed by atoms with Crippen LogP contribution in [0.25, 0.3) is 11.5 Å². The lowest BCUT2D eigenvalue weighted by Crippen LogP contribution is -2.44. The van der Waals surface area contributed by atoms with Crippen LogP contribution in [0.5, 0.6) is 5.75 Å². The van der Waals surface area contributed by atoms with E-state index in [-0.39, 0.29) is 18.3 Å². The summed E-state index contributed by atoms with van der Waals surface area (Å²) in [6, 6.07) is 12.9. The molecule has 0 radical (unpaired) electrons. The molecule has 3 aromatic rings. The van der Waals surface area contributed by atoms with Gasteiger partial charge >= 0.3 is 6.03 Å². The second-order valence-corrected chi connectivity index (χ2v) is 7.65. The van der Waals surface area contributed by atoms with Gasteiger partial charge in [-0.25, -0.2) is 14.2 Å². The van der Waals surface area contributed by atoms with Gasteiger partial charge in [0.1, 0.15) is 23.4 Å². The highest BCUT2D eigenvalue weighted by Crippen LogP contribution is 2.26. The molecule has 31 heavy (non-hydrogen) atoms. The molecule has 8 heteroatoms. The Labute approximate surface area is 178 Å². The normalized spacial score (nSPS) is 18.4. The van der Waals surface area contributed by atoms with E-state index in [1.165, 1.54) is 18.4 Å². The van der Waals surface area contributed by atoms with Gasteiger partial charge in [0.15, 0.2) is 0 Å². The molecule has 7 nitrogen and oxygen atoms in total. The molecule has 4 rings (SSSR count). The zero-order valence-electron chi connectivity index (χ0n) is 17.2. The van der Waals surface area contributed by atoms with Crippen LogP contribution in [0.3, 0.4) is 0 Å². The predicted molar refractivity (Wildman–Crippen MR) is 111 cm³/mol. The number of amides is 3. The molecular formula is C23H22FN3O4. The van der Waals surface area contributed by atoms with Gasteiger partial charge in [0.25, 0.3) is 5.91 Å². The van der Waals surface area contributed by atoms with Crippen molar-refractivity contribution in [1.82, 2.24) is 15.2 Å². The van der Waals surface area contributed by atoms with Gasteiger partial charge in [-0.05, 0) is 61.7 Å². The summed E-state index contributed by atoms with van der Waals surface area (Å²) >= 11 is 0. The zero-order valence-corrected chi connectivity index (χ0v) is 17.2. The third-order valence-electron chi connectivity index (χ3n) is 5.38. The molecule has 0 saturated carbocycles. The number of nitrogens with zero attached hydrogens (tertiary/aromatic N) is 2. The lowest BCUT2D eigenvalue weighted by molar-refractivity contribution is -0.131. The average molecular weight is 423 g/mol. The molecule has 2 aromatic carbocycles. The molecular weight excluding hydrogens is 401 g/mol. The predicted octanol–water partition coefficient (Wildman–Crippen LogP) is 3.93. The number of nitrogens with one attached hydrogen (secondary N) is 1. The number of oxazole rings is 1. The Bertz CT molecular complexity index is 1090. The molecule has 1 aromatic heterocycles. The first-order valence-electron chi connectivity index (χ1n) is 9.85. The largest absolute Gasteiger partial charge is 0.497 e. The Kier molecular flexibility index (Phi) is 5.46. The van der Waals surface area contributed by atoms with Crippen LogP contribution in [-0.2, 0) is 17.8 Å². The summed E-state index contributed by atoms with van der Waals surface area (Å²) in [6.07, 6.45) is 2.48. The maximum absolute atomic E-state index is 13.1. The third-order valence-corrected chi connectivity index (χ3v) is 5.38. The van der Waals surface area contributed by atoms with E-state index in [9.17, 15) is 14.0 Å². The lowest BCUT2D eigenvalue weighted by atomic mass is 9.93. The van der Waals surface area contributed by atoms with Crippen molar-refractivity contribution in [3.05, 3.63) is 71.9 Å². The van der Waals surface area contributed by atoms with Crippen LogP contribution in [0.2, 0.25) is 0 Å². The number of benzene rings is 2. The molecule has 0 bridgehead atoms. The highest BCUT2D eigenvalue weighted by atomic mass is 19.1. The van der Waals surface area contributed by atoms with Crippen molar-refractivity contribution in [1.29, 1.82) is 0 Å². The van der Waals surface area contributed by atoms with Crippen molar-refractivity contribution in [3.8, 4) is 17.2 Å². The molecule has 1 N–H and O–H groups in total. The first kappa shape index (κ1) is 20.6. The Morgan fingerprint density at radius 1 is 1.13 bits per heavy atom. The summed E-state index contributed by atoms with van der Waals surface area (Å²) in [5, 5.41) is 2.80. The Balaban J connectivity index is 1.42. The number of aryl methyl sites for hydroxylation is 1. The van der Waals surface area contributed by atoms with Gasteiger partial charge < -0.3 is 14.5 Å². The molecule has 1 aliphatic heterocycles. The standard InChI is InChI=1S/C23H22FN3O4/c1-23(12-11-15-3-9-19(30-2)10-4-15)21(28)27(22(29)26-23)13-18-14-31-20(25-18)16-5-7-17(24)8-6-16/h3-10,14H,11-13H2,1-2H3,(H,26,29)/t23-/m0/s1. The molecule has 2 heterocycles. The molecule has 160 valence electrons. The molecule has 0 aliphatic carbocycles. The number of imide groups is 1. The molecule has 1 aliphatic rings. The van der Waals surface area contributed by atoms with Crippen molar-refractivity contribution in [2.45, 2.75) is 31.8 Å². The van der Waals surface area contributed by atoms with E-state index in [1.807, 2.05) is 24.3 Å². The topological polar surface area (TPSA) is 84.7 Å². The van der Waals surface area contributed by atoms with Gasteiger partial charge in [0, 0.05) is 5.56 Å². The summed E-state index contributed by atoms with van der Waals surface area (Å²) < 4.78 is 23.7. The lowest BCUT2D eigenvalue weighted by Gasteiger charge is -2.21. The van der Waals surface area contributed by atoms with Crippen LogP contribution in [0.4, 0.5) is 9.18 Å². The number of aromatic nitrogens is 1. The Morgan fingerprint density at radius 3 is 2.52 bits per heavy atom. The second-order valence-electron chi connectivity index (χ2n) is 7.65. The number of methoxy groups -OCH3 is 1. The Hall–Kier alpha value is -3.68. The van der Waals surface area contributed by atoms with E-state index in [1.54, 1.807) is 26.2 Å². The maximum atomic E-state index is 13.1. The fraction of sp³-hybridized carbons (Fsp3) is 0.261. The van der Waals surface area contributed by atoms with E-state index < -0.39 is 11.6 Å². The number of urea groups is 1. The minimum atomic E-state index is -0.999. The monoisotopic (exact) mass is 423 g/mol. The van der Waals surface area contributed by atoms with Crippen molar-refractivity contribution < 1.29 is 23.1 Å². The van der Waals surface area contributed by atoms with Gasteiger partial charge in [0.05, 0.1) is 19.3 Å². The molecule has 1 atom stereocenters. The van der Waals surface area contributed by atoms with Gasteiger partial charge in [-0.3, -0.25) is 9.69 Å². The Morgan fingerprint density at radius 2 is 1.84 bits per heavy atom. The van der Waals surface area contributed by atoms with Gasteiger partial charge in [-0.1, -0.05) is 12.1 Å². The zero-order chi connectivity index (χ0) is 22.0. The van der Waals surface area contributed by atoms with Gasteiger partial charge in [0.2, 0.25) is 5.89 Å². The minimum absolute atomic E-state index is 0.00646. The number of hydrogen-bond donors (Lipinski definition) is 1. The summed E-state index contributed by atoms with van der Waals surface area (Å²) in [7, 11) is 1.61.